The van der Waals surface area contributed by atoms with Crippen molar-refractivity contribution in [1.82, 2.24) is 4.98 Å². The second-order valence-electron chi connectivity index (χ2n) is 2.56. The molecule has 0 aromatic carbocycles. The Morgan fingerprint density at radius 1 is 1.64 bits per heavy atom. The number of anilines is 1. The molecule has 0 bridgehead atoms. The van der Waals surface area contributed by atoms with E-state index in [1.165, 1.54) is 12.1 Å². The Balaban J connectivity index is 2.73. The Morgan fingerprint density at radius 3 is 2.79 bits per heavy atom. The first kappa shape index (κ1) is 10.1. The van der Waals surface area contributed by atoms with Gasteiger partial charge < -0.3 is 5.32 Å². The average molecular weight is 195 g/mol. The molecule has 1 amide bonds. The highest BCUT2D eigenvalue weighted by atomic mass is 16.6. The van der Waals surface area contributed by atoms with Crippen molar-refractivity contribution in [2.24, 2.45) is 0 Å². The summed E-state index contributed by atoms with van der Waals surface area (Å²) in [6.45, 7) is 1.71. The van der Waals surface area contributed by atoms with E-state index in [9.17, 15) is 14.9 Å². The van der Waals surface area contributed by atoms with Gasteiger partial charge in [-0.1, -0.05) is 6.92 Å². The second kappa shape index (κ2) is 4.31. The Bertz CT molecular complexity index is 347. The third-order valence-corrected chi connectivity index (χ3v) is 1.55. The minimum absolute atomic E-state index is 0.0977. The van der Waals surface area contributed by atoms with Gasteiger partial charge in [0.05, 0.1) is 4.92 Å². The maximum absolute atomic E-state index is 10.9. The number of amides is 1. The van der Waals surface area contributed by atoms with Crippen molar-refractivity contribution in [3.8, 4) is 0 Å². The molecule has 0 saturated carbocycles. The normalized spacial score (nSPS) is 9.50. The molecule has 0 spiro atoms. The summed E-state index contributed by atoms with van der Waals surface area (Å²) in [4.78, 5) is 24.4. The van der Waals surface area contributed by atoms with Crippen LogP contribution in [0.2, 0.25) is 0 Å². The molecule has 0 fully saturated rings. The summed E-state index contributed by atoms with van der Waals surface area (Å²) < 4.78 is 0. The number of nitrogens with zero attached hydrogens (tertiary/aromatic N) is 2. The van der Waals surface area contributed by atoms with Gasteiger partial charge in [-0.25, -0.2) is 4.98 Å². The molecule has 1 rings (SSSR count). The van der Waals surface area contributed by atoms with E-state index in [-0.39, 0.29) is 11.6 Å². The highest BCUT2D eigenvalue weighted by Gasteiger charge is 2.06. The minimum Gasteiger partial charge on any atom is -0.311 e. The van der Waals surface area contributed by atoms with E-state index in [0.717, 1.165) is 6.20 Å². The van der Waals surface area contributed by atoms with E-state index in [2.05, 4.69) is 10.3 Å². The van der Waals surface area contributed by atoms with Crippen LogP contribution in [0.25, 0.3) is 0 Å². The molecule has 0 aliphatic heterocycles. The van der Waals surface area contributed by atoms with Gasteiger partial charge >= 0.3 is 0 Å². The van der Waals surface area contributed by atoms with Gasteiger partial charge in [0.25, 0.3) is 5.69 Å². The maximum Gasteiger partial charge on any atom is 0.287 e. The summed E-state index contributed by atoms with van der Waals surface area (Å²) >= 11 is 0. The molecule has 1 aromatic heterocycles. The predicted octanol–water partition coefficient (Wildman–Crippen LogP) is 1.34. The van der Waals surface area contributed by atoms with Crippen LogP contribution in [0.5, 0.6) is 0 Å². The van der Waals surface area contributed by atoms with Crippen molar-refractivity contribution in [1.29, 1.82) is 0 Å². The van der Waals surface area contributed by atoms with E-state index < -0.39 is 4.92 Å². The Morgan fingerprint density at radius 2 is 2.36 bits per heavy atom. The smallest absolute Gasteiger partial charge is 0.287 e. The lowest BCUT2D eigenvalue weighted by Crippen LogP contribution is -2.10. The molecule has 0 saturated heterocycles. The number of nitro groups is 1. The molecule has 1 N–H and O–H groups in total. The van der Waals surface area contributed by atoms with E-state index in [4.69, 9.17) is 0 Å². The fourth-order valence-electron chi connectivity index (χ4n) is 0.799. The summed E-state index contributed by atoms with van der Waals surface area (Å²) in [5.74, 6) is 0.147. The van der Waals surface area contributed by atoms with Crippen LogP contribution < -0.4 is 5.32 Å². The maximum atomic E-state index is 10.9. The number of hydrogen-bond donors (Lipinski definition) is 1. The third kappa shape index (κ3) is 2.51. The summed E-state index contributed by atoms with van der Waals surface area (Å²) in [5.41, 5.74) is -0.0977. The summed E-state index contributed by atoms with van der Waals surface area (Å²) in [6, 6.07) is 2.68. The molecule has 74 valence electrons. The van der Waals surface area contributed by atoms with Gasteiger partial charge in [-0.2, -0.15) is 0 Å². The van der Waals surface area contributed by atoms with Crippen LogP contribution in [0.1, 0.15) is 13.3 Å². The lowest BCUT2D eigenvalue weighted by Gasteiger charge is -2.00. The molecule has 0 unspecified atom stereocenters. The number of rotatable bonds is 3. The number of hydrogen-bond acceptors (Lipinski definition) is 4. The van der Waals surface area contributed by atoms with Crippen molar-refractivity contribution >= 4 is 17.4 Å². The first-order chi connectivity index (χ1) is 6.63. The van der Waals surface area contributed by atoms with Gasteiger partial charge in [-0.3, -0.25) is 14.9 Å². The molecule has 0 aliphatic carbocycles. The molecule has 1 aromatic rings. The van der Waals surface area contributed by atoms with Crippen molar-refractivity contribution in [3.63, 3.8) is 0 Å². The predicted molar refractivity (Wildman–Crippen MR) is 49.8 cm³/mol. The monoisotopic (exact) mass is 195 g/mol. The number of nitrogens with one attached hydrogen (secondary N) is 1. The topological polar surface area (TPSA) is 85.1 Å². The Kier molecular flexibility index (Phi) is 3.11. The quantitative estimate of drug-likeness (QED) is 0.582. The fraction of sp³-hybridized carbons (Fsp3) is 0.250. The zero-order valence-electron chi connectivity index (χ0n) is 7.56. The van der Waals surface area contributed by atoms with E-state index in [0.29, 0.717) is 12.2 Å². The second-order valence-corrected chi connectivity index (χ2v) is 2.56. The first-order valence-electron chi connectivity index (χ1n) is 4.03. The van der Waals surface area contributed by atoms with Gasteiger partial charge in [0.15, 0.2) is 0 Å². The summed E-state index contributed by atoms with van der Waals surface area (Å²) in [5, 5.41) is 12.8. The van der Waals surface area contributed by atoms with Gasteiger partial charge in [0.1, 0.15) is 12.0 Å². The van der Waals surface area contributed by atoms with Crippen LogP contribution in [0.3, 0.4) is 0 Å². The van der Waals surface area contributed by atoms with Gasteiger partial charge in [0, 0.05) is 12.5 Å². The molecular weight excluding hydrogens is 186 g/mol. The molecule has 14 heavy (non-hydrogen) atoms. The fourth-order valence-corrected chi connectivity index (χ4v) is 0.799. The molecule has 6 heteroatoms. The zero-order valence-corrected chi connectivity index (χ0v) is 7.56. The zero-order chi connectivity index (χ0) is 10.6. The minimum atomic E-state index is -0.543. The number of aromatic nitrogens is 1. The van der Waals surface area contributed by atoms with Crippen LogP contribution in [0, 0.1) is 10.1 Å². The third-order valence-electron chi connectivity index (χ3n) is 1.55. The SMILES string of the molecule is CCC(=O)Nc1ccc([N+](=O)[O-])cn1. The highest BCUT2D eigenvalue weighted by Crippen LogP contribution is 2.11. The molecular formula is C8H9N3O3. The highest BCUT2D eigenvalue weighted by molar-refractivity contribution is 5.89. The van der Waals surface area contributed by atoms with Crippen molar-refractivity contribution < 1.29 is 9.72 Å². The van der Waals surface area contributed by atoms with E-state index in [1.54, 1.807) is 6.92 Å². The van der Waals surface area contributed by atoms with E-state index in [1.807, 2.05) is 0 Å². The van der Waals surface area contributed by atoms with Gasteiger partial charge in [-0.05, 0) is 6.07 Å². The summed E-state index contributed by atoms with van der Waals surface area (Å²) in [7, 11) is 0. The van der Waals surface area contributed by atoms with Crippen molar-refractivity contribution in [2.45, 2.75) is 13.3 Å². The molecule has 0 aliphatic rings. The lowest BCUT2D eigenvalue weighted by atomic mass is 10.4. The van der Waals surface area contributed by atoms with E-state index >= 15 is 0 Å². The number of carbonyl (C=O) groups excluding carboxylic acids is 1. The van der Waals surface area contributed by atoms with Crippen LogP contribution in [0.15, 0.2) is 18.3 Å². The van der Waals surface area contributed by atoms with Gasteiger partial charge in [-0.15, -0.1) is 0 Å². The number of pyridine rings is 1. The molecule has 1 heterocycles. The van der Waals surface area contributed by atoms with Crippen LogP contribution in [-0.2, 0) is 4.79 Å². The van der Waals surface area contributed by atoms with Crippen LogP contribution in [-0.4, -0.2) is 15.8 Å². The lowest BCUT2D eigenvalue weighted by molar-refractivity contribution is -0.385. The number of carbonyl (C=O) groups is 1. The largest absolute Gasteiger partial charge is 0.311 e. The average Bonchev–Trinajstić information content (AvgIpc) is 2.18. The van der Waals surface area contributed by atoms with Crippen LogP contribution >= 0.6 is 0 Å². The first-order valence-corrected chi connectivity index (χ1v) is 4.03. The molecule has 0 atom stereocenters. The Hall–Kier alpha value is -1.98. The summed E-state index contributed by atoms with van der Waals surface area (Å²) in [6.07, 6.45) is 1.45. The Labute approximate surface area is 80.1 Å². The van der Waals surface area contributed by atoms with Crippen molar-refractivity contribution in [3.05, 3.63) is 28.4 Å². The van der Waals surface area contributed by atoms with Crippen molar-refractivity contribution in [2.75, 3.05) is 5.32 Å². The molecule has 0 radical (unpaired) electrons. The standard InChI is InChI=1S/C8H9N3O3/c1-2-8(12)10-7-4-3-6(5-9-7)11(13)14/h3-5H,2H2,1H3,(H,9,10,12). The van der Waals surface area contributed by atoms with Gasteiger partial charge in [0.2, 0.25) is 5.91 Å². The molecule has 6 nitrogen and oxygen atoms in total. The van der Waals surface area contributed by atoms with Crippen LogP contribution in [0.4, 0.5) is 11.5 Å².